The van der Waals surface area contributed by atoms with Gasteiger partial charge >= 0.3 is 6.18 Å². The molecule has 1 aliphatic carbocycles. The van der Waals surface area contributed by atoms with Crippen molar-refractivity contribution in [2.24, 2.45) is 0 Å². The number of aromatic amines is 1. The number of nitrogens with one attached hydrogen (secondary N) is 2. The number of alkyl halides is 3. The minimum atomic E-state index is -4.15. The number of hydrogen-bond acceptors (Lipinski definition) is 2. The van der Waals surface area contributed by atoms with Crippen LogP contribution in [-0.4, -0.2) is 22.9 Å². The summed E-state index contributed by atoms with van der Waals surface area (Å²) in [6, 6.07) is 1.83. The van der Waals surface area contributed by atoms with Crippen molar-refractivity contribution in [3.05, 3.63) is 17.5 Å². The molecule has 0 saturated heterocycles. The summed E-state index contributed by atoms with van der Waals surface area (Å²) in [6.45, 7) is -0.788. The molecule has 2 N–H and O–H groups in total. The van der Waals surface area contributed by atoms with E-state index in [0.29, 0.717) is 11.6 Å². The van der Waals surface area contributed by atoms with Gasteiger partial charge in [0.25, 0.3) is 0 Å². The van der Waals surface area contributed by atoms with Crippen LogP contribution < -0.4 is 5.32 Å². The molecule has 15 heavy (non-hydrogen) atoms. The van der Waals surface area contributed by atoms with Gasteiger partial charge in [-0.1, -0.05) is 0 Å². The molecule has 1 saturated carbocycles. The first kappa shape index (κ1) is 10.5. The Hall–Kier alpha value is -1.04. The lowest BCUT2D eigenvalue weighted by Gasteiger charge is -2.06. The molecule has 1 heterocycles. The van der Waals surface area contributed by atoms with Crippen LogP contribution in [0.25, 0.3) is 0 Å². The molecular formula is C9H12F3N3. The first-order valence-electron chi connectivity index (χ1n) is 4.86. The molecule has 1 aromatic heterocycles. The Morgan fingerprint density at radius 3 is 2.80 bits per heavy atom. The molecule has 1 aromatic rings. The number of halogens is 3. The maximum absolute atomic E-state index is 11.8. The van der Waals surface area contributed by atoms with E-state index in [-0.39, 0.29) is 6.54 Å². The van der Waals surface area contributed by atoms with E-state index in [9.17, 15) is 13.2 Å². The lowest BCUT2D eigenvalue weighted by Crippen LogP contribution is -2.28. The highest BCUT2D eigenvalue weighted by molar-refractivity contribution is 5.17. The van der Waals surface area contributed by atoms with Crippen LogP contribution in [0.1, 0.15) is 30.1 Å². The number of nitrogens with zero attached hydrogens (tertiary/aromatic N) is 1. The maximum Gasteiger partial charge on any atom is 0.401 e. The summed E-state index contributed by atoms with van der Waals surface area (Å²) in [5.41, 5.74) is 1.68. The zero-order chi connectivity index (χ0) is 10.9. The molecule has 1 aliphatic rings. The normalized spacial score (nSPS) is 17.0. The molecule has 2 rings (SSSR count). The molecule has 0 atom stereocenters. The molecule has 0 aromatic carbocycles. The molecule has 0 spiro atoms. The first-order chi connectivity index (χ1) is 7.04. The third-order valence-corrected chi connectivity index (χ3v) is 2.29. The van der Waals surface area contributed by atoms with Crippen molar-refractivity contribution in [3.63, 3.8) is 0 Å². The largest absolute Gasteiger partial charge is 0.401 e. The van der Waals surface area contributed by atoms with Crippen LogP contribution >= 0.6 is 0 Å². The van der Waals surface area contributed by atoms with E-state index in [1.807, 2.05) is 6.07 Å². The predicted octanol–water partition coefficient (Wildman–Crippen LogP) is 1.94. The molecular weight excluding hydrogens is 207 g/mol. The van der Waals surface area contributed by atoms with Gasteiger partial charge in [0, 0.05) is 18.2 Å². The molecule has 84 valence electrons. The van der Waals surface area contributed by atoms with Crippen molar-refractivity contribution in [2.75, 3.05) is 6.54 Å². The summed E-state index contributed by atoms with van der Waals surface area (Å²) in [5.74, 6) is 0.526. The summed E-state index contributed by atoms with van der Waals surface area (Å²) >= 11 is 0. The van der Waals surface area contributed by atoms with Crippen LogP contribution in [0, 0.1) is 0 Å². The third-order valence-electron chi connectivity index (χ3n) is 2.29. The lowest BCUT2D eigenvalue weighted by molar-refractivity contribution is -0.125. The summed E-state index contributed by atoms with van der Waals surface area (Å²) in [7, 11) is 0. The minimum Gasteiger partial charge on any atom is -0.303 e. The summed E-state index contributed by atoms with van der Waals surface area (Å²) < 4.78 is 35.4. The van der Waals surface area contributed by atoms with E-state index < -0.39 is 12.7 Å². The Kier molecular flexibility index (Phi) is 2.68. The Labute approximate surface area is 85.1 Å². The topological polar surface area (TPSA) is 40.7 Å². The lowest BCUT2D eigenvalue weighted by atomic mass is 10.2. The van der Waals surface area contributed by atoms with Gasteiger partial charge in [0.1, 0.15) is 0 Å². The summed E-state index contributed by atoms with van der Waals surface area (Å²) in [6.07, 6.45) is -1.88. The van der Waals surface area contributed by atoms with Crippen LogP contribution in [0.3, 0.4) is 0 Å². The Balaban J connectivity index is 1.78. The SMILES string of the molecule is FC(F)(F)CNCc1cc(C2CC2)n[nH]1. The van der Waals surface area contributed by atoms with E-state index in [0.717, 1.165) is 18.5 Å². The van der Waals surface area contributed by atoms with Gasteiger partial charge in [-0.15, -0.1) is 0 Å². The van der Waals surface area contributed by atoms with Crippen LogP contribution in [0.5, 0.6) is 0 Å². The standard InChI is InChI=1S/C9H12F3N3/c10-9(11,12)5-13-4-7-3-8(15-14-7)6-1-2-6/h3,6,13H,1-2,4-5H2,(H,14,15). The van der Waals surface area contributed by atoms with Crippen molar-refractivity contribution < 1.29 is 13.2 Å². The second kappa shape index (κ2) is 3.84. The van der Waals surface area contributed by atoms with Crippen molar-refractivity contribution in [3.8, 4) is 0 Å². The fourth-order valence-electron chi connectivity index (χ4n) is 1.40. The second-order valence-corrected chi connectivity index (χ2v) is 3.81. The molecule has 3 nitrogen and oxygen atoms in total. The van der Waals surface area contributed by atoms with Gasteiger partial charge in [-0.3, -0.25) is 5.10 Å². The van der Waals surface area contributed by atoms with Gasteiger partial charge in [-0.05, 0) is 18.9 Å². The zero-order valence-corrected chi connectivity index (χ0v) is 8.06. The first-order valence-corrected chi connectivity index (χ1v) is 4.86. The number of rotatable bonds is 4. The van der Waals surface area contributed by atoms with Crippen LogP contribution in [0.4, 0.5) is 13.2 Å². The van der Waals surface area contributed by atoms with Crippen LogP contribution in [0.15, 0.2) is 6.07 Å². The monoisotopic (exact) mass is 219 g/mol. The highest BCUT2D eigenvalue weighted by Gasteiger charge is 2.27. The number of H-pyrrole nitrogens is 1. The van der Waals surface area contributed by atoms with E-state index in [1.165, 1.54) is 0 Å². The predicted molar refractivity (Wildman–Crippen MR) is 48.3 cm³/mol. The second-order valence-electron chi connectivity index (χ2n) is 3.81. The fourth-order valence-corrected chi connectivity index (χ4v) is 1.40. The fraction of sp³-hybridized carbons (Fsp3) is 0.667. The minimum absolute atomic E-state index is 0.180. The Bertz CT molecular complexity index is 328. The average Bonchev–Trinajstić information content (AvgIpc) is 2.86. The van der Waals surface area contributed by atoms with Crippen molar-refractivity contribution >= 4 is 0 Å². The van der Waals surface area contributed by atoms with Crippen LogP contribution in [0.2, 0.25) is 0 Å². The van der Waals surface area contributed by atoms with E-state index in [4.69, 9.17) is 0 Å². The van der Waals surface area contributed by atoms with Gasteiger partial charge in [0.05, 0.1) is 12.2 Å². The summed E-state index contributed by atoms with van der Waals surface area (Å²) in [4.78, 5) is 0. The quantitative estimate of drug-likeness (QED) is 0.812. The smallest absolute Gasteiger partial charge is 0.303 e. The highest BCUT2D eigenvalue weighted by atomic mass is 19.4. The van der Waals surface area contributed by atoms with Crippen LogP contribution in [-0.2, 0) is 6.54 Å². The van der Waals surface area contributed by atoms with Gasteiger partial charge in [-0.25, -0.2) is 0 Å². The van der Waals surface area contributed by atoms with Crippen molar-refractivity contribution in [2.45, 2.75) is 31.5 Å². The highest BCUT2D eigenvalue weighted by Crippen LogP contribution is 2.38. The van der Waals surface area contributed by atoms with E-state index >= 15 is 0 Å². The Morgan fingerprint density at radius 1 is 1.47 bits per heavy atom. The molecule has 0 radical (unpaired) electrons. The maximum atomic E-state index is 11.8. The van der Waals surface area contributed by atoms with E-state index in [2.05, 4.69) is 15.5 Å². The molecule has 1 fully saturated rings. The molecule has 0 unspecified atom stereocenters. The van der Waals surface area contributed by atoms with Crippen molar-refractivity contribution in [1.82, 2.24) is 15.5 Å². The van der Waals surface area contributed by atoms with E-state index in [1.54, 1.807) is 0 Å². The molecule has 6 heteroatoms. The zero-order valence-electron chi connectivity index (χ0n) is 8.06. The van der Waals surface area contributed by atoms with Gasteiger partial charge in [0.2, 0.25) is 0 Å². The molecule has 0 aliphatic heterocycles. The third kappa shape index (κ3) is 3.23. The molecule has 0 bridgehead atoms. The van der Waals surface area contributed by atoms with Crippen molar-refractivity contribution in [1.29, 1.82) is 0 Å². The average molecular weight is 219 g/mol. The number of aromatic nitrogens is 2. The Morgan fingerprint density at radius 2 is 2.20 bits per heavy atom. The van der Waals surface area contributed by atoms with Gasteiger partial charge in [-0.2, -0.15) is 18.3 Å². The number of hydrogen-bond donors (Lipinski definition) is 2. The van der Waals surface area contributed by atoms with Gasteiger partial charge < -0.3 is 5.32 Å². The van der Waals surface area contributed by atoms with Gasteiger partial charge in [0.15, 0.2) is 0 Å². The molecule has 0 amide bonds. The summed E-state index contributed by atoms with van der Waals surface area (Å²) in [5, 5.41) is 9.10.